The highest BCUT2D eigenvalue weighted by molar-refractivity contribution is 6.00. The van der Waals surface area contributed by atoms with Crippen LogP contribution in [0.15, 0.2) is 12.1 Å². The number of likely N-dealkylation sites (N-methyl/N-ethyl adjacent to an activating group) is 1. The summed E-state index contributed by atoms with van der Waals surface area (Å²) < 4.78 is 43.5. The summed E-state index contributed by atoms with van der Waals surface area (Å²) in [6.07, 6.45) is -0.659. The van der Waals surface area contributed by atoms with Crippen LogP contribution in [-0.4, -0.2) is 48.3 Å². The summed E-state index contributed by atoms with van der Waals surface area (Å²) in [5, 5.41) is 0.384. The lowest BCUT2D eigenvalue weighted by molar-refractivity contribution is 0.00420. The Kier molecular flexibility index (Phi) is 4.86. The molecule has 7 nitrogen and oxygen atoms in total. The van der Waals surface area contributed by atoms with E-state index in [0.717, 1.165) is 12.1 Å². The predicted molar refractivity (Wildman–Crippen MR) is 95.2 cm³/mol. The average molecular weight is 394 g/mol. The number of hydrogen-bond acceptors (Lipinski definition) is 6. The van der Waals surface area contributed by atoms with Gasteiger partial charge in [-0.15, -0.1) is 0 Å². The Morgan fingerprint density at radius 1 is 1.25 bits per heavy atom. The maximum absolute atomic E-state index is 14.0. The Morgan fingerprint density at radius 2 is 1.86 bits per heavy atom. The second-order valence-electron chi connectivity index (χ2n) is 7.40. The quantitative estimate of drug-likeness (QED) is 0.725. The zero-order valence-corrected chi connectivity index (χ0v) is 16.1. The topological polar surface area (TPSA) is 78.0 Å². The molecule has 0 unspecified atom stereocenters. The van der Waals surface area contributed by atoms with Gasteiger partial charge in [0.15, 0.2) is 17.3 Å². The standard InChI is InChI=1S/C19H20F2N2O5/c1-19(2,3)28-18(25)23(4)13-8-27-17(24)15-14(13)9-6-11(20)12(21)7-10(9)16(22-15)26-5/h6-7,13H,8H2,1-5H3/t13-/m0/s1. The van der Waals surface area contributed by atoms with Crippen LogP contribution in [0.5, 0.6) is 5.88 Å². The lowest BCUT2D eigenvalue weighted by Gasteiger charge is -2.34. The van der Waals surface area contributed by atoms with E-state index in [1.54, 1.807) is 20.8 Å². The van der Waals surface area contributed by atoms with Crippen molar-refractivity contribution < 1.29 is 32.6 Å². The first-order valence-corrected chi connectivity index (χ1v) is 8.53. The highest BCUT2D eigenvalue weighted by Gasteiger charge is 2.37. The number of carbonyl (C=O) groups excluding carboxylic acids is 2. The number of fused-ring (bicyclic) bond motifs is 3. The molecule has 0 fully saturated rings. The number of amides is 1. The van der Waals surface area contributed by atoms with Crippen LogP contribution in [-0.2, 0) is 9.47 Å². The molecule has 0 aliphatic carbocycles. The molecule has 1 aliphatic heterocycles. The summed E-state index contributed by atoms with van der Waals surface area (Å²) >= 11 is 0. The first-order valence-electron chi connectivity index (χ1n) is 8.53. The zero-order valence-electron chi connectivity index (χ0n) is 16.1. The molecular formula is C19H20F2N2O5. The van der Waals surface area contributed by atoms with Gasteiger partial charge in [0.05, 0.1) is 13.2 Å². The van der Waals surface area contributed by atoms with Crippen LogP contribution in [0.1, 0.15) is 42.9 Å². The normalized spacial score (nSPS) is 16.4. The number of methoxy groups -OCH3 is 1. The molecule has 3 rings (SSSR count). The Hall–Kier alpha value is -2.97. The summed E-state index contributed by atoms with van der Waals surface area (Å²) in [7, 11) is 2.77. The number of cyclic esters (lactones) is 1. The lowest BCUT2D eigenvalue weighted by atomic mass is 9.95. The van der Waals surface area contributed by atoms with Gasteiger partial charge in [-0.2, -0.15) is 0 Å². The molecule has 0 saturated carbocycles. The molecule has 1 aromatic carbocycles. The van der Waals surface area contributed by atoms with E-state index in [1.165, 1.54) is 19.1 Å². The highest BCUT2D eigenvalue weighted by atomic mass is 19.2. The number of nitrogens with zero attached hydrogens (tertiary/aromatic N) is 2. The van der Waals surface area contributed by atoms with Crippen molar-refractivity contribution >= 4 is 22.8 Å². The second-order valence-corrected chi connectivity index (χ2v) is 7.40. The van der Waals surface area contributed by atoms with Crippen molar-refractivity contribution in [3.05, 3.63) is 35.0 Å². The van der Waals surface area contributed by atoms with Crippen LogP contribution in [0.3, 0.4) is 0 Å². The molecule has 1 atom stereocenters. The van der Waals surface area contributed by atoms with Gasteiger partial charge in [0, 0.05) is 18.0 Å². The van der Waals surface area contributed by atoms with E-state index < -0.39 is 35.3 Å². The molecule has 150 valence electrons. The minimum atomic E-state index is -1.10. The number of esters is 1. The van der Waals surface area contributed by atoms with E-state index in [4.69, 9.17) is 14.2 Å². The third-order valence-electron chi connectivity index (χ3n) is 4.29. The van der Waals surface area contributed by atoms with Crippen molar-refractivity contribution in [2.24, 2.45) is 0 Å². The van der Waals surface area contributed by atoms with E-state index in [-0.39, 0.29) is 34.5 Å². The van der Waals surface area contributed by atoms with Crippen LogP contribution in [0.2, 0.25) is 0 Å². The number of aromatic nitrogens is 1. The maximum atomic E-state index is 14.0. The molecule has 9 heteroatoms. The number of ether oxygens (including phenoxy) is 3. The molecule has 2 aromatic rings. The van der Waals surface area contributed by atoms with Gasteiger partial charge in [0.25, 0.3) is 0 Å². The first kappa shape index (κ1) is 19.8. The minimum absolute atomic E-state index is 0.0508. The molecule has 1 aromatic heterocycles. The fourth-order valence-electron chi connectivity index (χ4n) is 3.02. The maximum Gasteiger partial charge on any atom is 0.410 e. The van der Waals surface area contributed by atoms with Crippen LogP contribution in [0.4, 0.5) is 13.6 Å². The van der Waals surface area contributed by atoms with Gasteiger partial charge in [0.2, 0.25) is 5.88 Å². The van der Waals surface area contributed by atoms with E-state index in [1.807, 2.05) is 0 Å². The number of halogens is 2. The highest BCUT2D eigenvalue weighted by Crippen LogP contribution is 2.38. The SMILES string of the molecule is COc1nc2c(c3cc(F)c(F)cc13)[C@@H](N(C)C(=O)OC(C)(C)C)COC2=O. The number of benzene rings is 1. The number of carbonyl (C=O) groups is 2. The van der Waals surface area contributed by atoms with Gasteiger partial charge >= 0.3 is 12.1 Å². The Balaban J connectivity index is 2.21. The number of pyridine rings is 1. The third-order valence-corrected chi connectivity index (χ3v) is 4.29. The lowest BCUT2D eigenvalue weighted by Crippen LogP contribution is -2.41. The Morgan fingerprint density at radius 3 is 2.43 bits per heavy atom. The van der Waals surface area contributed by atoms with Crippen molar-refractivity contribution in [1.82, 2.24) is 9.88 Å². The second kappa shape index (κ2) is 6.88. The summed E-state index contributed by atoms with van der Waals surface area (Å²) in [5.74, 6) is -2.97. The third kappa shape index (κ3) is 3.44. The Labute approximate surface area is 160 Å². The van der Waals surface area contributed by atoms with Crippen LogP contribution >= 0.6 is 0 Å². The molecule has 1 aliphatic rings. The van der Waals surface area contributed by atoms with Crippen LogP contribution < -0.4 is 4.74 Å². The smallest absolute Gasteiger partial charge is 0.410 e. The monoisotopic (exact) mass is 394 g/mol. The summed E-state index contributed by atoms with van der Waals surface area (Å²) in [6, 6.07) is 1.11. The summed E-state index contributed by atoms with van der Waals surface area (Å²) in [5.41, 5.74) is -0.615. The van der Waals surface area contributed by atoms with E-state index in [9.17, 15) is 18.4 Å². The van der Waals surface area contributed by atoms with Gasteiger partial charge in [-0.25, -0.2) is 23.4 Å². The molecule has 0 spiro atoms. The Bertz CT molecular complexity index is 971. The van der Waals surface area contributed by atoms with E-state index in [2.05, 4.69) is 4.98 Å². The van der Waals surface area contributed by atoms with Gasteiger partial charge in [-0.05, 0) is 38.3 Å². The number of hydrogen-bond donors (Lipinski definition) is 0. The van der Waals surface area contributed by atoms with Crippen LogP contribution in [0.25, 0.3) is 10.8 Å². The summed E-state index contributed by atoms with van der Waals surface area (Å²) in [6.45, 7) is 4.97. The first-order chi connectivity index (χ1) is 13.0. The predicted octanol–water partition coefficient (Wildman–Crippen LogP) is 3.60. The summed E-state index contributed by atoms with van der Waals surface area (Å²) in [4.78, 5) is 30.1. The molecule has 0 radical (unpaired) electrons. The van der Waals surface area contributed by atoms with Gasteiger partial charge in [-0.3, -0.25) is 0 Å². The fourth-order valence-corrected chi connectivity index (χ4v) is 3.02. The van der Waals surface area contributed by atoms with Crippen molar-refractivity contribution in [1.29, 1.82) is 0 Å². The van der Waals surface area contributed by atoms with Crippen molar-refractivity contribution in [2.45, 2.75) is 32.4 Å². The molecule has 0 saturated heterocycles. The van der Waals surface area contributed by atoms with Crippen molar-refractivity contribution in [2.75, 3.05) is 20.8 Å². The largest absolute Gasteiger partial charge is 0.481 e. The van der Waals surface area contributed by atoms with Gasteiger partial charge in [-0.1, -0.05) is 0 Å². The van der Waals surface area contributed by atoms with Crippen LogP contribution in [0, 0.1) is 11.6 Å². The molecule has 2 heterocycles. The van der Waals surface area contributed by atoms with Crippen molar-refractivity contribution in [3.8, 4) is 5.88 Å². The van der Waals surface area contributed by atoms with E-state index in [0.29, 0.717) is 0 Å². The van der Waals surface area contributed by atoms with Gasteiger partial charge < -0.3 is 19.1 Å². The molecule has 0 bridgehead atoms. The van der Waals surface area contributed by atoms with Crippen molar-refractivity contribution in [3.63, 3.8) is 0 Å². The average Bonchev–Trinajstić information content (AvgIpc) is 2.60. The molecular weight excluding hydrogens is 374 g/mol. The molecule has 0 N–H and O–H groups in total. The minimum Gasteiger partial charge on any atom is -0.481 e. The van der Waals surface area contributed by atoms with E-state index >= 15 is 0 Å². The zero-order chi connectivity index (χ0) is 20.8. The molecule has 28 heavy (non-hydrogen) atoms. The molecule has 1 amide bonds. The number of rotatable bonds is 2. The van der Waals surface area contributed by atoms with Gasteiger partial charge in [0.1, 0.15) is 12.2 Å². The fraction of sp³-hybridized carbons (Fsp3) is 0.421.